The van der Waals surface area contributed by atoms with E-state index in [9.17, 15) is 9.59 Å². The molecule has 3 aliphatic rings. The van der Waals surface area contributed by atoms with Crippen LogP contribution in [-0.2, 0) is 9.59 Å². The summed E-state index contributed by atoms with van der Waals surface area (Å²) in [5, 5.41) is 0. The third-order valence-corrected chi connectivity index (χ3v) is 6.59. The van der Waals surface area contributed by atoms with Gasteiger partial charge in [-0.15, -0.1) is 0 Å². The summed E-state index contributed by atoms with van der Waals surface area (Å²) >= 11 is 0. The van der Waals surface area contributed by atoms with E-state index in [1.165, 1.54) is 4.90 Å². The van der Waals surface area contributed by atoms with Crippen LogP contribution >= 0.6 is 0 Å². The summed E-state index contributed by atoms with van der Waals surface area (Å²) in [7, 11) is 0. The number of piperidine rings is 1. The Morgan fingerprint density at radius 2 is 1.59 bits per heavy atom. The molecule has 2 aromatic rings. The van der Waals surface area contributed by atoms with Gasteiger partial charge in [0.2, 0.25) is 0 Å². The van der Waals surface area contributed by atoms with Gasteiger partial charge >= 0.3 is 0 Å². The maximum Gasteiger partial charge on any atom is 0.282 e. The van der Waals surface area contributed by atoms with Crippen LogP contribution < -0.4 is 14.4 Å². The summed E-state index contributed by atoms with van der Waals surface area (Å²) in [6, 6.07) is 11.3. The Labute approximate surface area is 188 Å². The number of amides is 2. The first-order chi connectivity index (χ1) is 15.4. The van der Waals surface area contributed by atoms with E-state index in [0.717, 1.165) is 42.6 Å². The van der Waals surface area contributed by atoms with Crippen LogP contribution in [-0.4, -0.2) is 43.0 Å². The van der Waals surface area contributed by atoms with Crippen molar-refractivity contribution in [1.29, 1.82) is 0 Å². The number of fused-ring (bicyclic) bond motifs is 1. The Hall–Kier alpha value is -3.28. The number of aryl methyl sites for hydroxylation is 2. The predicted octanol–water partition coefficient (Wildman–Crippen LogP) is 4.09. The lowest BCUT2D eigenvalue weighted by atomic mass is 9.95. The summed E-state index contributed by atoms with van der Waals surface area (Å²) in [6.45, 7) is 8.75. The van der Waals surface area contributed by atoms with E-state index < -0.39 is 0 Å². The minimum atomic E-state index is -0.285. The molecule has 166 valence electrons. The van der Waals surface area contributed by atoms with E-state index in [-0.39, 0.29) is 11.8 Å². The number of benzene rings is 2. The van der Waals surface area contributed by atoms with Gasteiger partial charge in [-0.25, -0.2) is 4.90 Å². The summed E-state index contributed by atoms with van der Waals surface area (Å²) in [4.78, 5) is 30.9. The zero-order valence-electron chi connectivity index (χ0n) is 18.8. The molecule has 0 bridgehead atoms. The predicted molar refractivity (Wildman–Crippen MR) is 123 cm³/mol. The van der Waals surface area contributed by atoms with Gasteiger partial charge in [0.05, 0.1) is 11.3 Å². The Bertz CT molecular complexity index is 1130. The molecule has 0 N–H and O–H groups in total. The zero-order valence-corrected chi connectivity index (χ0v) is 18.8. The number of anilines is 1. The molecule has 0 unspecified atom stereocenters. The third kappa shape index (κ3) is 3.44. The van der Waals surface area contributed by atoms with Crippen molar-refractivity contribution in [1.82, 2.24) is 4.90 Å². The zero-order chi connectivity index (χ0) is 22.4. The first kappa shape index (κ1) is 20.6. The molecule has 3 aliphatic heterocycles. The molecule has 2 aromatic carbocycles. The largest absolute Gasteiger partial charge is 0.486 e. The Balaban J connectivity index is 1.60. The monoisotopic (exact) mass is 432 g/mol. The molecule has 3 heterocycles. The first-order valence-corrected chi connectivity index (χ1v) is 11.3. The lowest BCUT2D eigenvalue weighted by molar-refractivity contribution is -0.120. The second-order valence-electron chi connectivity index (χ2n) is 8.99. The number of likely N-dealkylation sites (tertiary alicyclic amines) is 1. The molecule has 0 spiro atoms. The standard InChI is InChI=1S/C26H28N2O4/c1-16-8-10-27(11-9-16)24-23(20-6-4-17(2)14-18(20)3)25(29)28(26(24)30)19-5-7-21-22(15-19)32-13-12-31-21/h4-7,14-16H,8-13H2,1-3H3. The molecule has 2 amide bonds. The van der Waals surface area contributed by atoms with Crippen molar-refractivity contribution in [3.63, 3.8) is 0 Å². The topological polar surface area (TPSA) is 59.1 Å². The van der Waals surface area contributed by atoms with Gasteiger partial charge < -0.3 is 14.4 Å². The highest BCUT2D eigenvalue weighted by atomic mass is 16.6. The van der Waals surface area contributed by atoms with E-state index >= 15 is 0 Å². The summed E-state index contributed by atoms with van der Waals surface area (Å²) in [5.41, 5.74) is 4.46. The maximum atomic E-state index is 13.8. The quantitative estimate of drug-likeness (QED) is 0.684. The van der Waals surface area contributed by atoms with Gasteiger partial charge in [-0.2, -0.15) is 0 Å². The average Bonchev–Trinajstić information content (AvgIpc) is 3.04. The van der Waals surface area contributed by atoms with Gasteiger partial charge in [0.1, 0.15) is 18.9 Å². The van der Waals surface area contributed by atoms with Crippen LogP contribution in [0.4, 0.5) is 5.69 Å². The lowest BCUT2D eigenvalue weighted by Crippen LogP contribution is -2.38. The van der Waals surface area contributed by atoms with Crippen molar-refractivity contribution in [3.05, 3.63) is 58.8 Å². The van der Waals surface area contributed by atoms with Gasteiger partial charge in [-0.1, -0.05) is 30.7 Å². The summed E-state index contributed by atoms with van der Waals surface area (Å²) in [6.07, 6.45) is 2.02. The number of ether oxygens (including phenoxy) is 2. The third-order valence-electron chi connectivity index (χ3n) is 6.59. The summed E-state index contributed by atoms with van der Waals surface area (Å²) < 4.78 is 11.3. The Morgan fingerprint density at radius 1 is 0.875 bits per heavy atom. The molecular formula is C26H28N2O4. The molecule has 0 atom stereocenters. The number of imide groups is 1. The highest BCUT2D eigenvalue weighted by Gasteiger charge is 2.43. The first-order valence-electron chi connectivity index (χ1n) is 11.3. The Morgan fingerprint density at radius 3 is 2.31 bits per heavy atom. The van der Waals surface area contributed by atoms with E-state index in [1.807, 2.05) is 26.0 Å². The van der Waals surface area contributed by atoms with Crippen molar-refractivity contribution in [2.45, 2.75) is 33.6 Å². The van der Waals surface area contributed by atoms with Gasteiger partial charge in [-0.3, -0.25) is 9.59 Å². The molecule has 1 fully saturated rings. The molecule has 6 nitrogen and oxygen atoms in total. The van der Waals surface area contributed by atoms with Crippen molar-refractivity contribution in [2.24, 2.45) is 5.92 Å². The summed E-state index contributed by atoms with van der Waals surface area (Å²) in [5.74, 6) is 1.26. The molecular weight excluding hydrogens is 404 g/mol. The van der Waals surface area contributed by atoms with Gasteiger partial charge in [-0.05, 0) is 55.9 Å². The van der Waals surface area contributed by atoms with E-state index in [0.29, 0.717) is 47.6 Å². The molecule has 1 saturated heterocycles. The number of carbonyl (C=O) groups excluding carboxylic acids is 2. The fraction of sp³-hybridized carbons (Fsp3) is 0.385. The second-order valence-corrected chi connectivity index (χ2v) is 8.99. The fourth-order valence-electron chi connectivity index (χ4n) is 4.79. The molecule has 0 saturated carbocycles. The number of hydrogen-bond donors (Lipinski definition) is 0. The normalized spacial score (nSPS) is 19.2. The van der Waals surface area contributed by atoms with E-state index in [4.69, 9.17) is 9.47 Å². The second kappa shape index (κ2) is 8.01. The molecule has 32 heavy (non-hydrogen) atoms. The van der Waals surface area contributed by atoms with Crippen LogP contribution in [0.15, 0.2) is 42.1 Å². The van der Waals surface area contributed by atoms with Crippen LogP contribution in [0, 0.1) is 19.8 Å². The number of nitrogens with zero attached hydrogens (tertiary/aromatic N) is 2. The molecule has 0 aliphatic carbocycles. The van der Waals surface area contributed by atoms with Crippen molar-refractivity contribution < 1.29 is 19.1 Å². The highest BCUT2D eigenvalue weighted by Crippen LogP contribution is 2.40. The van der Waals surface area contributed by atoms with Gasteiger partial charge in [0.15, 0.2) is 11.5 Å². The lowest BCUT2D eigenvalue weighted by Gasteiger charge is -2.32. The van der Waals surface area contributed by atoms with Crippen LogP contribution in [0.1, 0.15) is 36.5 Å². The van der Waals surface area contributed by atoms with Crippen LogP contribution in [0.5, 0.6) is 11.5 Å². The van der Waals surface area contributed by atoms with Gasteiger partial charge in [0, 0.05) is 19.2 Å². The smallest absolute Gasteiger partial charge is 0.282 e. The fourth-order valence-corrected chi connectivity index (χ4v) is 4.79. The maximum absolute atomic E-state index is 13.8. The van der Waals surface area contributed by atoms with Crippen LogP contribution in [0.25, 0.3) is 5.57 Å². The number of carbonyl (C=O) groups is 2. The average molecular weight is 433 g/mol. The minimum Gasteiger partial charge on any atom is -0.486 e. The van der Waals surface area contributed by atoms with Crippen molar-refractivity contribution >= 4 is 23.1 Å². The SMILES string of the molecule is Cc1ccc(C2=C(N3CCC(C)CC3)C(=O)N(c3ccc4c(c3)OCCO4)C2=O)c(C)c1. The number of hydrogen-bond acceptors (Lipinski definition) is 5. The van der Waals surface area contributed by atoms with E-state index in [1.54, 1.807) is 18.2 Å². The minimum absolute atomic E-state index is 0.267. The molecule has 5 rings (SSSR count). The van der Waals surface area contributed by atoms with Crippen LogP contribution in [0.2, 0.25) is 0 Å². The molecule has 6 heteroatoms. The Kier molecular flexibility index (Phi) is 5.16. The molecule has 0 radical (unpaired) electrons. The number of rotatable bonds is 3. The molecule has 0 aromatic heterocycles. The van der Waals surface area contributed by atoms with Crippen molar-refractivity contribution in [2.75, 3.05) is 31.2 Å². The van der Waals surface area contributed by atoms with E-state index in [2.05, 4.69) is 17.9 Å². The highest BCUT2D eigenvalue weighted by molar-refractivity contribution is 6.45. The van der Waals surface area contributed by atoms with Gasteiger partial charge in [0.25, 0.3) is 11.8 Å². The van der Waals surface area contributed by atoms with Crippen LogP contribution in [0.3, 0.4) is 0 Å². The van der Waals surface area contributed by atoms with Crippen molar-refractivity contribution in [3.8, 4) is 11.5 Å².